The van der Waals surface area contributed by atoms with Crippen LogP contribution in [-0.4, -0.2) is 57.2 Å². The number of aromatic nitrogens is 2. The van der Waals surface area contributed by atoms with Crippen molar-refractivity contribution in [2.24, 2.45) is 13.0 Å². The van der Waals surface area contributed by atoms with Crippen molar-refractivity contribution in [3.05, 3.63) is 52.8 Å². The molecule has 142 valence electrons. The fourth-order valence-corrected chi connectivity index (χ4v) is 5.73. The molecule has 4 fully saturated rings. The monoisotopic (exact) mass is 364 g/mol. The van der Waals surface area contributed by atoms with Crippen molar-refractivity contribution in [3.8, 4) is 0 Å². The molecule has 6 rings (SSSR count). The standard InChI is InChI=1S/C22H28N4O/c1-14-4-6-16(7-5-14)19-13-26(22(27)18-12-24(3)23-15(18)2)20-17-8-10-25(11-9-17)21(19)20/h4-7,12,17,19-21H,8-11,13H2,1-3H3/t19-,20+,21+/m1/s1. The normalized spacial score (nSPS) is 32.0. The van der Waals surface area contributed by atoms with Gasteiger partial charge in [-0.25, -0.2) is 0 Å². The number of rotatable bonds is 2. The molecule has 5 heteroatoms. The average molecular weight is 364 g/mol. The second kappa shape index (κ2) is 6.20. The van der Waals surface area contributed by atoms with Gasteiger partial charge in [0, 0.05) is 31.7 Å². The van der Waals surface area contributed by atoms with E-state index in [2.05, 4.69) is 46.1 Å². The molecular weight excluding hydrogens is 336 g/mol. The Morgan fingerprint density at radius 2 is 1.78 bits per heavy atom. The van der Waals surface area contributed by atoms with Gasteiger partial charge in [-0.05, 0) is 51.3 Å². The van der Waals surface area contributed by atoms with Crippen molar-refractivity contribution >= 4 is 5.91 Å². The van der Waals surface area contributed by atoms with Crippen LogP contribution in [0.4, 0.5) is 0 Å². The van der Waals surface area contributed by atoms with Crippen LogP contribution in [0.1, 0.15) is 45.9 Å². The van der Waals surface area contributed by atoms with E-state index in [9.17, 15) is 4.79 Å². The molecule has 4 aliphatic rings. The van der Waals surface area contributed by atoms with Gasteiger partial charge in [-0.3, -0.25) is 14.4 Å². The molecule has 0 spiro atoms. The SMILES string of the molecule is Cc1ccc([C@H]2CN(C(=O)c3cn(C)nc3C)[C@H]3C4CCN(CC4)[C@@H]23)cc1. The second-order valence-corrected chi connectivity index (χ2v) is 8.63. The summed E-state index contributed by atoms with van der Waals surface area (Å²) in [7, 11) is 1.89. The lowest BCUT2D eigenvalue weighted by Gasteiger charge is -2.51. The lowest BCUT2D eigenvalue weighted by Crippen LogP contribution is -2.60. The summed E-state index contributed by atoms with van der Waals surface area (Å²) in [5.74, 6) is 1.20. The lowest BCUT2D eigenvalue weighted by atomic mass is 9.75. The highest BCUT2D eigenvalue weighted by molar-refractivity contribution is 5.95. The Bertz CT molecular complexity index is 863. The minimum atomic E-state index is 0.166. The van der Waals surface area contributed by atoms with Crippen LogP contribution in [-0.2, 0) is 7.05 Å². The third-order valence-corrected chi connectivity index (χ3v) is 7.00. The zero-order valence-electron chi connectivity index (χ0n) is 16.4. The summed E-state index contributed by atoms with van der Waals surface area (Å²) >= 11 is 0. The molecule has 2 bridgehead atoms. The highest BCUT2D eigenvalue weighted by atomic mass is 16.2. The Balaban J connectivity index is 1.53. The van der Waals surface area contributed by atoms with Gasteiger partial charge in [0.15, 0.2) is 0 Å². The van der Waals surface area contributed by atoms with E-state index in [1.807, 2.05) is 20.2 Å². The Hall–Kier alpha value is -2.14. The number of carbonyl (C=O) groups is 1. The minimum Gasteiger partial charge on any atom is -0.333 e. The van der Waals surface area contributed by atoms with E-state index in [-0.39, 0.29) is 5.91 Å². The number of fused-ring (bicyclic) bond motifs is 2. The summed E-state index contributed by atoms with van der Waals surface area (Å²) in [5.41, 5.74) is 4.26. The molecule has 0 unspecified atom stereocenters. The Kier molecular flexibility index (Phi) is 3.90. The van der Waals surface area contributed by atoms with Crippen LogP contribution in [0.15, 0.2) is 30.5 Å². The van der Waals surface area contributed by atoms with Gasteiger partial charge in [0.2, 0.25) is 0 Å². The number of amides is 1. The molecule has 0 radical (unpaired) electrons. The van der Waals surface area contributed by atoms with E-state index >= 15 is 0 Å². The van der Waals surface area contributed by atoms with Crippen LogP contribution < -0.4 is 0 Å². The molecule has 1 aromatic heterocycles. The van der Waals surface area contributed by atoms with Crippen LogP contribution in [0.25, 0.3) is 0 Å². The predicted molar refractivity (Wildman–Crippen MR) is 105 cm³/mol. The molecule has 27 heavy (non-hydrogen) atoms. The molecule has 4 saturated heterocycles. The molecule has 0 aliphatic carbocycles. The maximum atomic E-state index is 13.5. The first-order valence-corrected chi connectivity index (χ1v) is 10.1. The number of piperidine rings is 3. The number of likely N-dealkylation sites (tertiary alicyclic amines) is 1. The first-order chi connectivity index (χ1) is 13.0. The smallest absolute Gasteiger partial charge is 0.257 e. The van der Waals surface area contributed by atoms with E-state index in [1.54, 1.807) is 4.68 Å². The summed E-state index contributed by atoms with van der Waals surface area (Å²) in [5, 5.41) is 4.40. The van der Waals surface area contributed by atoms with Gasteiger partial charge in [-0.1, -0.05) is 29.8 Å². The molecule has 5 heterocycles. The number of aryl methyl sites for hydroxylation is 3. The largest absolute Gasteiger partial charge is 0.333 e. The van der Waals surface area contributed by atoms with Gasteiger partial charge in [-0.2, -0.15) is 5.10 Å². The van der Waals surface area contributed by atoms with E-state index < -0.39 is 0 Å². The average Bonchev–Trinajstić information content (AvgIpc) is 3.24. The maximum Gasteiger partial charge on any atom is 0.257 e. The van der Waals surface area contributed by atoms with Gasteiger partial charge in [0.25, 0.3) is 5.91 Å². The van der Waals surface area contributed by atoms with Gasteiger partial charge in [-0.15, -0.1) is 0 Å². The van der Waals surface area contributed by atoms with Crippen molar-refractivity contribution in [3.63, 3.8) is 0 Å². The fourth-order valence-electron chi connectivity index (χ4n) is 5.73. The van der Waals surface area contributed by atoms with Crippen molar-refractivity contribution < 1.29 is 4.79 Å². The summed E-state index contributed by atoms with van der Waals surface area (Å²) in [6, 6.07) is 9.74. The molecule has 0 saturated carbocycles. The summed E-state index contributed by atoms with van der Waals surface area (Å²) in [6.07, 6.45) is 4.32. The van der Waals surface area contributed by atoms with E-state index in [0.717, 1.165) is 17.8 Å². The zero-order valence-corrected chi connectivity index (χ0v) is 16.4. The number of nitrogens with zero attached hydrogens (tertiary/aromatic N) is 4. The van der Waals surface area contributed by atoms with Crippen molar-refractivity contribution in [1.82, 2.24) is 19.6 Å². The van der Waals surface area contributed by atoms with Crippen molar-refractivity contribution in [2.45, 2.75) is 44.7 Å². The number of carbonyl (C=O) groups excluding carboxylic acids is 1. The number of hydrogen-bond donors (Lipinski definition) is 0. The van der Waals surface area contributed by atoms with Crippen LogP contribution in [0.5, 0.6) is 0 Å². The highest BCUT2D eigenvalue weighted by Crippen LogP contribution is 2.47. The Morgan fingerprint density at radius 1 is 1.07 bits per heavy atom. The third-order valence-electron chi connectivity index (χ3n) is 7.00. The summed E-state index contributed by atoms with van der Waals surface area (Å²) < 4.78 is 1.75. The second-order valence-electron chi connectivity index (χ2n) is 8.63. The third kappa shape index (κ3) is 2.63. The van der Waals surface area contributed by atoms with Gasteiger partial charge >= 0.3 is 0 Å². The molecule has 1 amide bonds. The van der Waals surface area contributed by atoms with Crippen LogP contribution in [0.2, 0.25) is 0 Å². The summed E-state index contributed by atoms with van der Waals surface area (Å²) in [6.45, 7) is 7.26. The van der Waals surface area contributed by atoms with E-state index in [0.29, 0.717) is 23.9 Å². The van der Waals surface area contributed by atoms with Crippen LogP contribution in [0, 0.1) is 19.8 Å². The number of benzene rings is 1. The van der Waals surface area contributed by atoms with Gasteiger partial charge < -0.3 is 4.90 Å². The molecule has 4 aliphatic heterocycles. The maximum absolute atomic E-state index is 13.5. The fraction of sp³-hybridized carbons (Fsp3) is 0.545. The molecule has 1 aromatic carbocycles. The quantitative estimate of drug-likeness (QED) is 0.823. The molecule has 3 atom stereocenters. The van der Waals surface area contributed by atoms with Gasteiger partial charge in [0.1, 0.15) is 0 Å². The zero-order chi connectivity index (χ0) is 18.7. The van der Waals surface area contributed by atoms with E-state index in [4.69, 9.17) is 0 Å². The molecule has 5 nitrogen and oxygen atoms in total. The highest BCUT2D eigenvalue weighted by Gasteiger charge is 2.54. The minimum absolute atomic E-state index is 0.166. The lowest BCUT2D eigenvalue weighted by molar-refractivity contribution is -0.00343. The first-order valence-electron chi connectivity index (χ1n) is 10.1. The van der Waals surface area contributed by atoms with Gasteiger partial charge in [0.05, 0.1) is 17.3 Å². The molecule has 2 aromatic rings. The van der Waals surface area contributed by atoms with E-state index in [1.165, 1.54) is 37.1 Å². The van der Waals surface area contributed by atoms with Crippen LogP contribution in [0.3, 0.4) is 0 Å². The molecule has 0 N–H and O–H groups in total. The topological polar surface area (TPSA) is 41.4 Å². The summed E-state index contributed by atoms with van der Waals surface area (Å²) in [4.78, 5) is 18.3. The van der Waals surface area contributed by atoms with Crippen molar-refractivity contribution in [1.29, 1.82) is 0 Å². The Labute approximate surface area is 161 Å². The van der Waals surface area contributed by atoms with Crippen molar-refractivity contribution in [2.75, 3.05) is 19.6 Å². The number of hydrogen-bond acceptors (Lipinski definition) is 3. The first kappa shape index (κ1) is 17.0. The molecular formula is C22H28N4O. The van der Waals surface area contributed by atoms with Crippen LogP contribution >= 0.6 is 0 Å². The predicted octanol–water partition coefficient (Wildman–Crippen LogP) is 2.74. The Morgan fingerprint density at radius 3 is 2.41 bits per heavy atom.